The number of ether oxygens (including phenoxy) is 1. The van der Waals surface area contributed by atoms with Crippen molar-refractivity contribution in [3.63, 3.8) is 0 Å². The Labute approximate surface area is 120 Å². The highest BCUT2D eigenvalue weighted by Gasteiger charge is 2.20. The third kappa shape index (κ3) is 3.87. The highest BCUT2D eigenvalue weighted by atomic mass is 79.9. The molecule has 106 valence electrons. The average Bonchev–Trinajstić information content (AvgIpc) is 2.33. The van der Waals surface area contributed by atoms with Gasteiger partial charge in [-0.15, -0.1) is 0 Å². The lowest BCUT2D eigenvalue weighted by Gasteiger charge is -2.23. The minimum Gasteiger partial charge on any atom is -0.383 e. The summed E-state index contributed by atoms with van der Waals surface area (Å²) in [6.07, 6.45) is 1.27. The van der Waals surface area contributed by atoms with Gasteiger partial charge in [-0.1, -0.05) is 13.8 Å². The second-order valence-electron chi connectivity index (χ2n) is 4.64. The zero-order valence-electron chi connectivity index (χ0n) is 11.4. The first-order chi connectivity index (χ1) is 8.88. The number of hydrogen-bond acceptors (Lipinski definition) is 5. The molecule has 1 heterocycles. The van der Waals surface area contributed by atoms with Crippen LogP contribution in [0.3, 0.4) is 0 Å². The van der Waals surface area contributed by atoms with E-state index in [1.165, 1.54) is 6.20 Å². The van der Waals surface area contributed by atoms with Crippen LogP contribution < -0.4 is 5.32 Å². The number of aromatic nitrogens is 1. The molecule has 0 aromatic carbocycles. The molecule has 0 fully saturated rings. The summed E-state index contributed by atoms with van der Waals surface area (Å²) in [6, 6.07) is 0.0923. The molecule has 1 unspecified atom stereocenters. The Morgan fingerprint density at radius 3 is 2.68 bits per heavy atom. The lowest BCUT2D eigenvalue weighted by molar-refractivity contribution is -0.385. The van der Waals surface area contributed by atoms with Crippen molar-refractivity contribution in [2.45, 2.75) is 26.8 Å². The van der Waals surface area contributed by atoms with Crippen molar-refractivity contribution in [3.8, 4) is 0 Å². The molecule has 0 spiro atoms. The molecular formula is C12H18BrN3O3. The number of methoxy groups -OCH3 is 1. The van der Waals surface area contributed by atoms with Crippen LogP contribution in [-0.2, 0) is 4.74 Å². The molecule has 0 aliphatic heterocycles. The van der Waals surface area contributed by atoms with Crippen molar-refractivity contribution < 1.29 is 9.66 Å². The van der Waals surface area contributed by atoms with Gasteiger partial charge in [0, 0.05) is 12.7 Å². The van der Waals surface area contributed by atoms with Crippen molar-refractivity contribution in [2.24, 2.45) is 5.92 Å². The smallest absolute Gasteiger partial charge is 0.291 e. The maximum atomic E-state index is 10.8. The number of nitrogens with one attached hydrogen (secondary N) is 1. The lowest BCUT2D eigenvalue weighted by Crippen LogP contribution is -2.31. The first-order valence-corrected chi connectivity index (χ1v) is 6.72. The summed E-state index contributed by atoms with van der Waals surface area (Å²) in [5.41, 5.74) is 0.563. The Morgan fingerprint density at radius 2 is 2.21 bits per heavy atom. The fourth-order valence-electron chi connectivity index (χ4n) is 1.61. The molecule has 0 radical (unpaired) electrons. The molecule has 1 atom stereocenters. The normalized spacial score (nSPS) is 12.5. The van der Waals surface area contributed by atoms with Crippen LogP contribution in [0.1, 0.15) is 19.4 Å². The fourth-order valence-corrected chi connectivity index (χ4v) is 2.03. The quantitative estimate of drug-likeness (QED) is 0.640. The van der Waals surface area contributed by atoms with Gasteiger partial charge in [-0.05, 0) is 28.8 Å². The average molecular weight is 332 g/mol. The second kappa shape index (κ2) is 6.81. The Morgan fingerprint density at radius 1 is 1.58 bits per heavy atom. The Hall–Kier alpha value is -1.21. The van der Waals surface area contributed by atoms with Crippen LogP contribution in [-0.4, -0.2) is 29.7 Å². The van der Waals surface area contributed by atoms with Gasteiger partial charge in [0.15, 0.2) is 0 Å². The molecule has 0 bridgehead atoms. The molecule has 0 amide bonds. The number of halogens is 1. The lowest BCUT2D eigenvalue weighted by atomic mass is 10.1. The van der Waals surface area contributed by atoms with Gasteiger partial charge in [0.05, 0.1) is 22.0 Å². The molecule has 0 aliphatic rings. The summed E-state index contributed by atoms with van der Waals surface area (Å²) in [7, 11) is 1.64. The Bertz CT molecular complexity index is 466. The van der Waals surface area contributed by atoms with E-state index in [1.807, 2.05) is 0 Å². The summed E-state index contributed by atoms with van der Waals surface area (Å²) >= 11 is 3.36. The molecule has 0 saturated carbocycles. The number of hydrogen-bond donors (Lipinski definition) is 1. The molecule has 1 N–H and O–H groups in total. The minimum absolute atomic E-state index is 0.00487. The summed E-state index contributed by atoms with van der Waals surface area (Å²) < 4.78 is 5.77. The van der Waals surface area contributed by atoms with E-state index in [0.29, 0.717) is 28.4 Å². The van der Waals surface area contributed by atoms with E-state index in [1.54, 1.807) is 14.0 Å². The van der Waals surface area contributed by atoms with E-state index in [2.05, 4.69) is 40.1 Å². The first-order valence-electron chi connectivity index (χ1n) is 5.93. The number of pyridine rings is 1. The zero-order chi connectivity index (χ0) is 14.6. The van der Waals surface area contributed by atoms with Gasteiger partial charge in [-0.25, -0.2) is 4.98 Å². The Balaban J connectivity index is 3.02. The monoisotopic (exact) mass is 331 g/mol. The molecule has 0 saturated heterocycles. The second-order valence-corrected chi connectivity index (χ2v) is 5.43. The van der Waals surface area contributed by atoms with Crippen molar-refractivity contribution >= 4 is 27.4 Å². The van der Waals surface area contributed by atoms with Crippen LogP contribution in [0.25, 0.3) is 0 Å². The number of rotatable bonds is 6. The predicted octanol–water partition coefficient (Wildman–Crippen LogP) is 3.14. The van der Waals surface area contributed by atoms with Crippen LogP contribution in [0.15, 0.2) is 10.7 Å². The highest BCUT2D eigenvalue weighted by Crippen LogP contribution is 2.31. The first kappa shape index (κ1) is 15.8. The molecule has 19 heavy (non-hydrogen) atoms. The molecule has 1 aromatic heterocycles. The van der Waals surface area contributed by atoms with E-state index >= 15 is 0 Å². The molecule has 0 aliphatic carbocycles. The number of nitrogens with zero attached hydrogens (tertiary/aromatic N) is 2. The maximum Gasteiger partial charge on any atom is 0.291 e. The van der Waals surface area contributed by atoms with E-state index < -0.39 is 4.92 Å². The van der Waals surface area contributed by atoms with E-state index in [0.717, 1.165) is 0 Å². The SMILES string of the molecule is COCC(Nc1ncc([N+](=O)[O-])c(C)c1Br)C(C)C. The topological polar surface area (TPSA) is 77.3 Å². The van der Waals surface area contributed by atoms with Crippen LogP contribution >= 0.6 is 15.9 Å². The third-order valence-electron chi connectivity index (χ3n) is 2.91. The van der Waals surface area contributed by atoms with Crippen molar-refractivity contribution in [3.05, 3.63) is 26.3 Å². The predicted molar refractivity (Wildman–Crippen MR) is 77.5 cm³/mol. The molecular weight excluding hydrogens is 314 g/mol. The molecule has 6 nitrogen and oxygen atoms in total. The molecule has 7 heteroatoms. The van der Waals surface area contributed by atoms with Crippen LogP contribution in [0.5, 0.6) is 0 Å². The molecule has 1 rings (SSSR count). The highest BCUT2D eigenvalue weighted by molar-refractivity contribution is 9.10. The summed E-state index contributed by atoms with van der Waals surface area (Å²) in [5.74, 6) is 0.947. The molecule has 1 aromatic rings. The largest absolute Gasteiger partial charge is 0.383 e. The van der Waals surface area contributed by atoms with E-state index in [9.17, 15) is 10.1 Å². The standard InChI is InChI=1S/C12H18BrN3O3/c1-7(2)9(6-19-4)15-12-11(13)8(3)10(5-14-12)16(17)18/h5,7,9H,6H2,1-4H3,(H,14,15). The van der Waals surface area contributed by atoms with Crippen LogP contribution in [0.4, 0.5) is 11.5 Å². The van der Waals surface area contributed by atoms with Crippen molar-refractivity contribution in [1.29, 1.82) is 0 Å². The van der Waals surface area contributed by atoms with Gasteiger partial charge >= 0.3 is 0 Å². The Kier molecular flexibility index (Phi) is 5.68. The third-order valence-corrected chi connectivity index (χ3v) is 3.88. The van der Waals surface area contributed by atoms with Crippen LogP contribution in [0, 0.1) is 23.0 Å². The van der Waals surface area contributed by atoms with E-state index in [-0.39, 0.29) is 11.7 Å². The van der Waals surface area contributed by atoms with Gasteiger partial charge in [0.2, 0.25) is 0 Å². The fraction of sp³-hybridized carbons (Fsp3) is 0.583. The summed E-state index contributed by atoms with van der Waals surface area (Å²) in [6.45, 7) is 6.38. The van der Waals surface area contributed by atoms with Crippen molar-refractivity contribution in [2.75, 3.05) is 19.0 Å². The minimum atomic E-state index is -0.439. The number of anilines is 1. The van der Waals surface area contributed by atoms with Crippen LogP contribution in [0.2, 0.25) is 0 Å². The van der Waals surface area contributed by atoms with Crippen molar-refractivity contribution in [1.82, 2.24) is 4.98 Å². The van der Waals surface area contributed by atoms with Gasteiger partial charge in [-0.3, -0.25) is 10.1 Å². The van der Waals surface area contributed by atoms with E-state index in [4.69, 9.17) is 4.74 Å². The maximum absolute atomic E-state index is 10.8. The van der Waals surface area contributed by atoms with Gasteiger partial charge < -0.3 is 10.1 Å². The van der Waals surface area contributed by atoms with Gasteiger partial charge in [0.1, 0.15) is 12.0 Å². The summed E-state index contributed by atoms with van der Waals surface area (Å²) in [4.78, 5) is 14.5. The zero-order valence-corrected chi connectivity index (χ0v) is 13.0. The van der Waals surface area contributed by atoms with Gasteiger partial charge in [0.25, 0.3) is 5.69 Å². The summed E-state index contributed by atoms with van der Waals surface area (Å²) in [5, 5.41) is 14.1. The van der Waals surface area contributed by atoms with Gasteiger partial charge in [-0.2, -0.15) is 0 Å². The number of nitro groups is 1.